The Morgan fingerprint density at radius 1 is 1.36 bits per heavy atom. The van der Waals surface area contributed by atoms with Gasteiger partial charge in [-0.15, -0.1) is 0 Å². The lowest BCUT2D eigenvalue weighted by atomic mass is 10.0. The number of aliphatic carboxylic acids is 1. The molecule has 0 aliphatic heterocycles. The Balaban J connectivity index is 4.43. The quantitative estimate of drug-likeness (QED) is 0.724. The number of hydrogen-bond acceptors (Lipinski definition) is 1. The van der Waals surface area contributed by atoms with Gasteiger partial charge in [-0.1, -0.05) is 12.5 Å². The van der Waals surface area contributed by atoms with Crippen LogP contribution < -0.4 is 0 Å². The molecule has 14 heavy (non-hydrogen) atoms. The number of carbonyl (C=O) groups is 1. The maximum atomic E-state index is 11.8. The van der Waals surface area contributed by atoms with Crippen LogP contribution in [0.4, 0.5) is 13.2 Å². The van der Waals surface area contributed by atoms with Gasteiger partial charge < -0.3 is 5.11 Å². The van der Waals surface area contributed by atoms with Crippen molar-refractivity contribution in [3.8, 4) is 0 Å². The number of hydrogen-bond donors (Lipinski definition) is 1. The number of carboxylic acids is 1. The van der Waals surface area contributed by atoms with E-state index in [0.29, 0.717) is 5.57 Å². The van der Waals surface area contributed by atoms with Crippen LogP contribution in [0.1, 0.15) is 33.1 Å². The molecule has 0 saturated heterocycles. The summed E-state index contributed by atoms with van der Waals surface area (Å²) in [5.41, 5.74) is 0.381. The summed E-state index contributed by atoms with van der Waals surface area (Å²) >= 11 is 0. The molecule has 0 rings (SSSR count). The largest absolute Gasteiger partial charge is 0.478 e. The number of carboxylic acid groups (broad SMARTS) is 1. The first-order chi connectivity index (χ1) is 6.28. The van der Waals surface area contributed by atoms with E-state index >= 15 is 0 Å². The lowest BCUT2D eigenvalue weighted by Gasteiger charge is -2.08. The van der Waals surface area contributed by atoms with Crippen molar-refractivity contribution in [3.63, 3.8) is 0 Å². The highest BCUT2D eigenvalue weighted by Crippen LogP contribution is 2.25. The van der Waals surface area contributed by atoms with Crippen LogP contribution in [0, 0.1) is 0 Å². The van der Waals surface area contributed by atoms with Gasteiger partial charge in [0.2, 0.25) is 0 Å². The summed E-state index contributed by atoms with van der Waals surface area (Å²) in [6.45, 7) is 3.04. The summed E-state index contributed by atoms with van der Waals surface area (Å²) in [7, 11) is 0. The maximum Gasteiger partial charge on any atom is 0.389 e. The summed E-state index contributed by atoms with van der Waals surface area (Å²) in [5, 5.41) is 8.63. The number of rotatable bonds is 4. The SMILES string of the molecule is CCC(C(=O)O)=C(C)CCC(F)(F)F. The van der Waals surface area contributed by atoms with Gasteiger partial charge in [0.25, 0.3) is 0 Å². The van der Waals surface area contributed by atoms with Crippen LogP contribution in [0.2, 0.25) is 0 Å². The zero-order chi connectivity index (χ0) is 11.4. The fourth-order valence-electron chi connectivity index (χ4n) is 1.12. The van der Waals surface area contributed by atoms with Crippen molar-refractivity contribution in [1.29, 1.82) is 0 Å². The van der Waals surface area contributed by atoms with Gasteiger partial charge in [-0.2, -0.15) is 13.2 Å². The Hall–Kier alpha value is -1.00. The van der Waals surface area contributed by atoms with Crippen molar-refractivity contribution >= 4 is 5.97 Å². The molecule has 0 spiro atoms. The predicted octanol–water partition coefficient (Wildman–Crippen LogP) is 3.14. The molecule has 5 heteroatoms. The smallest absolute Gasteiger partial charge is 0.389 e. The second-order valence-corrected chi connectivity index (χ2v) is 3.03. The summed E-state index contributed by atoms with van der Waals surface area (Å²) in [4.78, 5) is 10.6. The minimum Gasteiger partial charge on any atom is -0.478 e. The summed E-state index contributed by atoms with van der Waals surface area (Å²) in [6, 6.07) is 0. The van der Waals surface area contributed by atoms with Gasteiger partial charge in [0.05, 0.1) is 0 Å². The molecule has 0 fully saturated rings. The molecule has 82 valence electrons. The lowest BCUT2D eigenvalue weighted by Crippen LogP contribution is -2.09. The second-order valence-electron chi connectivity index (χ2n) is 3.03. The van der Waals surface area contributed by atoms with Crippen LogP contribution in [0.5, 0.6) is 0 Å². The zero-order valence-corrected chi connectivity index (χ0v) is 8.11. The molecule has 0 aliphatic carbocycles. The van der Waals surface area contributed by atoms with E-state index in [2.05, 4.69) is 0 Å². The average molecular weight is 210 g/mol. The Morgan fingerprint density at radius 2 is 1.86 bits per heavy atom. The molecule has 0 amide bonds. The Kier molecular flexibility index (Phi) is 4.67. The monoisotopic (exact) mass is 210 g/mol. The fourth-order valence-corrected chi connectivity index (χ4v) is 1.12. The van der Waals surface area contributed by atoms with Crippen molar-refractivity contribution in [3.05, 3.63) is 11.1 Å². The minimum atomic E-state index is -4.22. The van der Waals surface area contributed by atoms with Gasteiger partial charge in [-0.3, -0.25) is 0 Å². The molecule has 0 heterocycles. The van der Waals surface area contributed by atoms with Crippen LogP contribution in [-0.4, -0.2) is 17.3 Å². The van der Waals surface area contributed by atoms with Gasteiger partial charge in [0.15, 0.2) is 0 Å². The minimum absolute atomic E-state index is 0.0780. The molecular formula is C9H13F3O2. The van der Waals surface area contributed by atoms with Gasteiger partial charge in [0, 0.05) is 12.0 Å². The van der Waals surface area contributed by atoms with Crippen LogP contribution in [0.3, 0.4) is 0 Å². The molecule has 0 aliphatic rings. The van der Waals surface area contributed by atoms with Crippen LogP contribution in [-0.2, 0) is 4.79 Å². The van der Waals surface area contributed by atoms with Crippen LogP contribution in [0.15, 0.2) is 11.1 Å². The molecule has 1 N–H and O–H groups in total. The van der Waals surface area contributed by atoms with E-state index in [-0.39, 0.29) is 18.4 Å². The Morgan fingerprint density at radius 3 is 2.14 bits per heavy atom. The van der Waals surface area contributed by atoms with E-state index in [9.17, 15) is 18.0 Å². The normalized spacial score (nSPS) is 13.8. The van der Waals surface area contributed by atoms with Crippen molar-refractivity contribution in [1.82, 2.24) is 0 Å². The first-order valence-electron chi connectivity index (χ1n) is 4.26. The van der Waals surface area contributed by atoms with Crippen molar-refractivity contribution < 1.29 is 23.1 Å². The summed E-state index contributed by atoms with van der Waals surface area (Å²) in [6.07, 6.45) is -5.17. The van der Waals surface area contributed by atoms with Crippen molar-refractivity contribution in [2.24, 2.45) is 0 Å². The summed E-state index contributed by atoms with van der Waals surface area (Å²) < 4.78 is 35.4. The molecule has 0 atom stereocenters. The lowest BCUT2D eigenvalue weighted by molar-refractivity contribution is -0.135. The van der Waals surface area contributed by atoms with Crippen molar-refractivity contribution in [2.75, 3.05) is 0 Å². The second kappa shape index (κ2) is 5.02. The van der Waals surface area contributed by atoms with E-state index in [1.807, 2.05) is 0 Å². The van der Waals surface area contributed by atoms with Gasteiger partial charge in [0.1, 0.15) is 0 Å². The highest BCUT2D eigenvalue weighted by molar-refractivity contribution is 5.87. The fraction of sp³-hybridized carbons (Fsp3) is 0.667. The third kappa shape index (κ3) is 4.89. The van der Waals surface area contributed by atoms with Crippen LogP contribution >= 0.6 is 0 Å². The Bertz CT molecular complexity index is 241. The standard InChI is InChI=1S/C9H13F3O2/c1-3-7(8(13)14)6(2)4-5-9(10,11)12/h3-5H2,1-2H3,(H,13,14). The third-order valence-electron chi connectivity index (χ3n) is 1.91. The average Bonchev–Trinajstić information content (AvgIpc) is 2.00. The number of alkyl halides is 3. The maximum absolute atomic E-state index is 11.8. The number of halogens is 3. The molecular weight excluding hydrogens is 197 g/mol. The van der Waals surface area contributed by atoms with E-state index in [1.165, 1.54) is 6.92 Å². The van der Waals surface area contributed by atoms with Gasteiger partial charge >= 0.3 is 12.1 Å². The highest BCUT2D eigenvalue weighted by atomic mass is 19.4. The van der Waals surface area contributed by atoms with Crippen LogP contribution in [0.25, 0.3) is 0 Å². The van der Waals surface area contributed by atoms with E-state index in [1.54, 1.807) is 6.92 Å². The molecule has 0 unspecified atom stereocenters. The molecule has 0 bridgehead atoms. The molecule has 0 saturated carbocycles. The topological polar surface area (TPSA) is 37.3 Å². The number of allylic oxidation sites excluding steroid dienone is 1. The third-order valence-corrected chi connectivity index (χ3v) is 1.91. The highest BCUT2D eigenvalue weighted by Gasteiger charge is 2.27. The van der Waals surface area contributed by atoms with Gasteiger partial charge in [-0.05, 0) is 19.8 Å². The molecule has 0 radical (unpaired) electrons. The first-order valence-corrected chi connectivity index (χ1v) is 4.26. The molecule has 0 aromatic heterocycles. The predicted molar refractivity (Wildman–Crippen MR) is 45.9 cm³/mol. The van der Waals surface area contributed by atoms with Gasteiger partial charge in [-0.25, -0.2) is 4.79 Å². The summed E-state index contributed by atoms with van der Waals surface area (Å²) in [5.74, 6) is -1.13. The van der Waals surface area contributed by atoms with E-state index in [0.717, 1.165) is 0 Å². The molecule has 2 nitrogen and oxygen atoms in total. The molecule has 0 aromatic rings. The van der Waals surface area contributed by atoms with Crippen molar-refractivity contribution in [2.45, 2.75) is 39.3 Å². The van der Waals surface area contributed by atoms with E-state index < -0.39 is 18.6 Å². The van der Waals surface area contributed by atoms with E-state index in [4.69, 9.17) is 5.11 Å². The molecule has 0 aromatic carbocycles. The first kappa shape index (κ1) is 13.0. The Labute approximate surface area is 80.4 Å². The zero-order valence-electron chi connectivity index (χ0n) is 8.11.